The quantitative estimate of drug-likeness (QED) is 0.479. The van der Waals surface area contributed by atoms with Crippen molar-refractivity contribution in [1.82, 2.24) is 4.98 Å². The molecule has 1 aromatic heterocycles. The highest BCUT2D eigenvalue weighted by molar-refractivity contribution is 6.34. The summed E-state index contributed by atoms with van der Waals surface area (Å²) in [6, 6.07) is 7.32. The van der Waals surface area contributed by atoms with Crippen LogP contribution in [0.1, 0.15) is 38.8 Å². The number of methoxy groups -OCH3 is 1. The maximum Gasteiger partial charge on any atom is 0.414 e. The minimum absolute atomic E-state index is 0.293. The van der Waals surface area contributed by atoms with Crippen molar-refractivity contribution in [3.05, 3.63) is 41.0 Å². The Morgan fingerprint density at radius 2 is 2.11 bits per heavy atom. The third-order valence-electron chi connectivity index (χ3n) is 5.66. The predicted molar refractivity (Wildman–Crippen MR) is 99.7 cm³/mol. The average Bonchev–Trinajstić information content (AvgIpc) is 3.22. The molecule has 0 bridgehead atoms. The number of fused-ring (bicyclic) bond motifs is 4. The molecule has 28 heavy (non-hydrogen) atoms. The summed E-state index contributed by atoms with van der Waals surface area (Å²) in [5.41, 5.74) is 3.42. The van der Waals surface area contributed by atoms with Gasteiger partial charge in [-0.05, 0) is 6.07 Å². The molecule has 6 rings (SSSR count). The number of anilines is 2. The summed E-state index contributed by atoms with van der Waals surface area (Å²) in [4.78, 5) is 44.2. The van der Waals surface area contributed by atoms with Gasteiger partial charge in [-0.15, -0.1) is 0 Å². The second-order valence-electron chi connectivity index (χ2n) is 7.00. The molecule has 2 aromatic carbocycles. The number of carbonyl (C=O) groups is 3. The third-order valence-corrected chi connectivity index (χ3v) is 5.66. The molecule has 2 amide bonds. The highest BCUT2D eigenvalue weighted by Crippen LogP contribution is 2.53. The summed E-state index contributed by atoms with van der Waals surface area (Å²) in [6.07, 6.45) is -0.544. The number of para-hydroxylation sites is 1. The van der Waals surface area contributed by atoms with E-state index in [0.717, 1.165) is 0 Å². The van der Waals surface area contributed by atoms with Gasteiger partial charge in [-0.2, -0.15) is 0 Å². The van der Waals surface area contributed by atoms with Gasteiger partial charge in [0.1, 0.15) is 6.10 Å². The molecule has 1 atom stereocenters. The summed E-state index contributed by atoms with van der Waals surface area (Å²) >= 11 is 0. The van der Waals surface area contributed by atoms with Crippen molar-refractivity contribution in [3.8, 4) is 0 Å². The van der Waals surface area contributed by atoms with Crippen LogP contribution in [-0.4, -0.2) is 36.6 Å². The molecule has 0 saturated carbocycles. The molecule has 0 spiro atoms. The summed E-state index contributed by atoms with van der Waals surface area (Å²) in [5, 5.41) is 4.08. The van der Waals surface area contributed by atoms with Gasteiger partial charge in [0.2, 0.25) is 0 Å². The van der Waals surface area contributed by atoms with Crippen molar-refractivity contribution in [2.24, 2.45) is 0 Å². The summed E-state index contributed by atoms with van der Waals surface area (Å²) in [6.45, 7) is 0.330. The van der Waals surface area contributed by atoms with Gasteiger partial charge in [-0.1, -0.05) is 18.2 Å². The van der Waals surface area contributed by atoms with Gasteiger partial charge in [0.05, 0.1) is 40.6 Å². The second-order valence-corrected chi connectivity index (χ2v) is 7.00. The van der Waals surface area contributed by atoms with Gasteiger partial charge in [0, 0.05) is 29.3 Å². The first kappa shape index (κ1) is 15.4. The Bertz CT molecular complexity index is 1280. The summed E-state index contributed by atoms with van der Waals surface area (Å²) in [7, 11) is 1.31. The van der Waals surface area contributed by atoms with Crippen LogP contribution in [0, 0.1) is 0 Å². The van der Waals surface area contributed by atoms with Gasteiger partial charge in [0.15, 0.2) is 0 Å². The van der Waals surface area contributed by atoms with E-state index in [9.17, 15) is 14.4 Å². The zero-order chi connectivity index (χ0) is 19.2. The molecular weight excluding hydrogens is 362 g/mol. The van der Waals surface area contributed by atoms with E-state index in [4.69, 9.17) is 14.5 Å². The molecule has 3 aliphatic heterocycles. The Hall–Kier alpha value is -3.68. The fourth-order valence-corrected chi connectivity index (χ4v) is 4.57. The Kier molecular flexibility index (Phi) is 2.73. The van der Waals surface area contributed by atoms with Crippen LogP contribution in [0.2, 0.25) is 0 Å². The zero-order valence-corrected chi connectivity index (χ0v) is 14.7. The van der Waals surface area contributed by atoms with Crippen molar-refractivity contribution in [2.75, 3.05) is 23.9 Å². The van der Waals surface area contributed by atoms with Crippen molar-refractivity contribution in [3.63, 3.8) is 0 Å². The van der Waals surface area contributed by atoms with E-state index in [1.807, 2.05) is 24.3 Å². The van der Waals surface area contributed by atoms with E-state index in [1.165, 1.54) is 12.0 Å². The maximum atomic E-state index is 12.8. The van der Waals surface area contributed by atoms with Crippen LogP contribution in [0.15, 0.2) is 24.3 Å². The first-order chi connectivity index (χ1) is 13.6. The van der Waals surface area contributed by atoms with Crippen molar-refractivity contribution in [2.45, 2.75) is 12.5 Å². The Morgan fingerprint density at radius 3 is 2.93 bits per heavy atom. The SMILES string of the molecule is COC(=O)N1CCC2OC(=O)c3c2c1c1nc2ccccc2c2c1c3NC2=O. The topological polar surface area (TPSA) is 97.8 Å². The number of nitrogens with zero attached hydrogens (tertiary/aromatic N) is 2. The molecule has 0 radical (unpaired) electrons. The Balaban J connectivity index is 1.86. The first-order valence-electron chi connectivity index (χ1n) is 8.90. The smallest absolute Gasteiger partial charge is 0.414 e. The molecule has 0 saturated heterocycles. The molecule has 1 N–H and O–H groups in total. The second kappa shape index (κ2) is 4.98. The molecule has 4 heterocycles. The van der Waals surface area contributed by atoms with Gasteiger partial charge < -0.3 is 14.8 Å². The third kappa shape index (κ3) is 1.65. The standard InChI is InChI=1S/C20H13N3O5/c1-27-20(26)23-7-6-10-12-14(19(25)28-10)15-13-11(18(24)22-15)8-4-2-3-5-9(8)21-16(13)17(12)23/h2-5,10H,6-7H2,1H3,(H,22,24). The van der Waals surface area contributed by atoms with Crippen molar-refractivity contribution >= 4 is 51.2 Å². The number of pyridine rings is 1. The lowest BCUT2D eigenvalue weighted by atomic mass is 9.91. The normalized spacial score (nSPS) is 19.0. The molecule has 8 nitrogen and oxygen atoms in total. The number of hydrogen-bond acceptors (Lipinski definition) is 6. The number of esters is 1. The summed E-state index contributed by atoms with van der Waals surface area (Å²) in [5.74, 6) is -0.788. The van der Waals surface area contributed by atoms with Crippen LogP contribution in [0.3, 0.4) is 0 Å². The highest BCUT2D eigenvalue weighted by Gasteiger charge is 2.46. The number of hydrogen-bond donors (Lipinski definition) is 1. The van der Waals surface area contributed by atoms with Crippen molar-refractivity contribution in [1.29, 1.82) is 0 Å². The van der Waals surface area contributed by atoms with Crippen LogP contribution >= 0.6 is 0 Å². The number of nitrogens with one attached hydrogen (secondary N) is 1. The summed E-state index contributed by atoms with van der Waals surface area (Å²) < 4.78 is 10.5. The van der Waals surface area contributed by atoms with E-state index in [2.05, 4.69) is 5.32 Å². The lowest BCUT2D eigenvalue weighted by Gasteiger charge is -2.31. The highest BCUT2D eigenvalue weighted by atomic mass is 16.6. The number of aromatic nitrogens is 1. The number of ether oxygens (including phenoxy) is 2. The first-order valence-corrected chi connectivity index (χ1v) is 8.90. The minimum Gasteiger partial charge on any atom is -0.454 e. The lowest BCUT2D eigenvalue weighted by molar-refractivity contribution is 0.0367. The van der Waals surface area contributed by atoms with E-state index >= 15 is 0 Å². The molecule has 8 heteroatoms. The molecule has 0 aliphatic carbocycles. The van der Waals surface area contributed by atoms with Gasteiger partial charge >= 0.3 is 12.1 Å². The lowest BCUT2D eigenvalue weighted by Crippen LogP contribution is -2.36. The molecule has 3 aromatic rings. The van der Waals surface area contributed by atoms with E-state index < -0.39 is 18.2 Å². The van der Waals surface area contributed by atoms with Gasteiger partial charge in [-0.25, -0.2) is 14.6 Å². The van der Waals surface area contributed by atoms with Crippen molar-refractivity contribution < 1.29 is 23.9 Å². The van der Waals surface area contributed by atoms with Crippen LogP contribution in [-0.2, 0) is 9.47 Å². The Labute approximate surface area is 158 Å². The molecule has 3 aliphatic rings. The van der Waals surface area contributed by atoms with Gasteiger partial charge in [0.25, 0.3) is 5.91 Å². The van der Waals surface area contributed by atoms with Crippen LogP contribution in [0.4, 0.5) is 16.2 Å². The maximum absolute atomic E-state index is 12.8. The van der Waals surface area contributed by atoms with Crippen LogP contribution < -0.4 is 10.2 Å². The minimum atomic E-state index is -0.538. The van der Waals surface area contributed by atoms with E-state index in [-0.39, 0.29) is 5.91 Å². The fraction of sp³-hybridized carbons (Fsp3) is 0.200. The number of rotatable bonds is 0. The zero-order valence-electron chi connectivity index (χ0n) is 14.7. The Morgan fingerprint density at radius 1 is 1.29 bits per heavy atom. The average molecular weight is 375 g/mol. The monoisotopic (exact) mass is 375 g/mol. The number of benzene rings is 2. The molecular formula is C20H13N3O5. The number of carbonyl (C=O) groups excluding carboxylic acids is 3. The van der Waals surface area contributed by atoms with Crippen LogP contribution in [0.5, 0.6) is 0 Å². The van der Waals surface area contributed by atoms with Gasteiger partial charge in [-0.3, -0.25) is 9.69 Å². The van der Waals surface area contributed by atoms with E-state index in [0.29, 0.717) is 62.8 Å². The van der Waals surface area contributed by atoms with E-state index in [1.54, 1.807) is 0 Å². The molecule has 1 unspecified atom stereocenters. The largest absolute Gasteiger partial charge is 0.454 e. The fourth-order valence-electron chi connectivity index (χ4n) is 4.57. The number of amides is 2. The molecule has 138 valence electrons. The molecule has 0 fully saturated rings. The predicted octanol–water partition coefficient (Wildman–Crippen LogP) is 3.14. The van der Waals surface area contributed by atoms with Crippen LogP contribution in [0.25, 0.3) is 21.8 Å².